The number of ether oxygens (including phenoxy) is 1. The van der Waals surface area contributed by atoms with E-state index in [9.17, 15) is 4.79 Å². The van der Waals surface area contributed by atoms with Crippen molar-refractivity contribution in [3.63, 3.8) is 0 Å². The van der Waals surface area contributed by atoms with Crippen molar-refractivity contribution in [2.24, 2.45) is 0 Å². The van der Waals surface area contributed by atoms with Gasteiger partial charge in [-0.1, -0.05) is 0 Å². The molecular formula is C16H20N2O2. The summed E-state index contributed by atoms with van der Waals surface area (Å²) in [7, 11) is 1.65. The van der Waals surface area contributed by atoms with Crippen LogP contribution >= 0.6 is 0 Å². The van der Waals surface area contributed by atoms with Gasteiger partial charge in [-0.25, -0.2) is 0 Å². The van der Waals surface area contributed by atoms with Crippen molar-refractivity contribution in [2.75, 3.05) is 13.7 Å². The minimum atomic E-state index is -0.0274. The number of hydrogen-bond donors (Lipinski definition) is 1. The molecule has 0 aliphatic carbocycles. The van der Waals surface area contributed by atoms with Crippen molar-refractivity contribution < 1.29 is 9.53 Å². The Morgan fingerprint density at radius 3 is 2.45 bits per heavy atom. The summed E-state index contributed by atoms with van der Waals surface area (Å²) < 4.78 is 7.24. The topological polar surface area (TPSA) is 43.3 Å². The van der Waals surface area contributed by atoms with Crippen LogP contribution in [0.4, 0.5) is 0 Å². The van der Waals surface area contributed by atoms with Crippen LogP contribution in [0, 0.1) is 13.8 Å². The molecular weight excluding hydrogens is 252 g/mol. The van der Waals surface area contributed by atoms with Gasteiger partial charge in [0.05, 0.1) is 12.7 Å². The number of aryl methyl sites for hydroxylation is 1. The molecule has 2 rings (SSSR count). The highest BCUT2D eigenvalue weighted by atomic mass is 16.5. The molecule has 0 fully saturated rings. The van der Waals surface area contributed by atoms with Gasteiger partial charge in [-0.2, -0.15) is 0 Å². The van der Waals surface area contributed by atoms with Crippen LogP contribution in [-0.2, 0) is 0 Å². The molecule has 106 valence electrons. The normalized spacial score (nSPS) is 10.4. The fraction of sp³-hybridized carbons (Fsp3) is 0.312. The van der Waals surface area contributed by atoms with Gasteiger partial charge in [0.2, 0.25) is 0 Å². The van der Waals surface area contributed by atoms with Crippen molar-refractivity contribution in [3.8, 4) is 11.4 Å². The standard InChI is InChI=1S/C16H20N2O2/c1-5-17-16(19)15-10-11(2)18(12(15)3)13-6-8-14(20-4)9-7-13/h6-10H,5H2,1-4H3,(H,17,19). The van der Waals surface area contributed by atoms with Gasteiger partial charge in [0.25, 0.3) is 5.91 Å². The molecule has 0 aliphatic rings. The molecule has 2 aromatic rings. The molecule has 0 aliphatic heterocycles. The van der Waals surface area contributed by atoms with Crippen LogP contribution in [0.25, 0.3) is 5.69 Å². The van der Waals surface area contributed by atoms with Crippen molar-refractivity contribution in [1.29, 1.82) is 0 Å². The maximum atomic E-state index is 12.0. The SMILES string of the molecule is CCNC(=O)c1cc(C)n(-c2ccc(OC)cc2)c1C. The Hall–Kier alpha value is -2.23. The molecule has 1 aromatic heterocycles. The fourth-order valence-electron chi connectivity index (χ4n) is 2.38. The second-order valence-corrected chi connectivity index (χ2v) is 4.68. The van der Waals surface area contributed by atoms with Crippen LogP contribution in [-0.4, -0.2) is 24.1 Å². The highest BCUT2D eigenvalue weighted by Gasteiger charge is 2.15. The molecule has 1 heterocycles. The van der Waals surface area contributed by atoms with Gasteiger partial charge >= 0.3 is 0 Å². The molecule has 0 atom stereocenters. The zero-order valence-electron chi connectivity index (χ0n) is 12.4. The Bertz CT molecular complexity index is 612. The maximum Gasteiger partial charge on any atom is 0.253 e. The first-order valence-electron chi connectivity index (χ1n) is 6.70. The summed E-state index contributed by atoms with van der Waals surface area (Å²) in [5, 5.41) is 2.84. The molecule has 20 heavy (non-hydrogen) atoms. The Balaban J connectivity index is 2.43. The molecule has 0 saturated heterocycles. The molecule has 0 saturated carbocycles. The van der Waals surface area contributed by atoms with Gasteiger partial charge in [-0.05, 0) is 51.1 Å². The molecule has 4 nitrogen and oxygen atoms in total. The molecule has 0 spiro atoms. The van der Waals surface area contributed by atoms with Crippen molar-refractivity contribution in [2.45, 2.75) is 20.8 Å². The van der Waals surface area contributed by atoms with Crippen molar-refractivity contribution >= 4 is 5.91 Å². The van der Waals surface area contributed by atoms with Crippen molar-refractivity contribution in [1.82, 2.24) is 9.88 Å². The third kappa shape index (κ3) is 2.54. The number of aromatic nitrogens is 1. The van der Waals surface area contributed by atoms with Gasteiger partial charge in [0.1, 0.15) is 5.75 Å². The first kappa shape index (κ1) is 14.2. The van der Waals surface area contributed by atoms with E-state index in [2.05, 4.69) is 9.88 Å². The van der Waals surface area contributed by atoms with Crippen LogP contribution in [0.15, 0.2) is 30.3 Å². The number of methoxy groups -OCH3 is 1. The lowest BCUT2D eigenvalue weighted by Crippen LogP contribution is -2.23. The third-order valence-electron chi connectivity index (χ3n) is 3.34. The maximum absolute atomic E-state index is 12.0. The summed E-state index contributed by atoms with van der Waals surface area (Å²) in [5.74, 6) is 0.792. The van der Waals surface area contributed by atoms with E-state index in [1.807, 2.05) is 51.1 Å². The number of amides is 1. The molecule has 4 heteroatoms. The van der Waals surface area contributed by atoms with Crippen LogP contribution < -0.4 is 10.1 Å². The number of hydrogen-bond acceptors (Lipinski definition) is 2. The highest BCUT2D eigenvalue weighted by molar-refractivity contribution is 5.95. The smallest absolute Gasteiger partial charge is 0.253 e. The van der Waals surface area contributed by atoms with Crippen LogP contribution in [0.3, 0.4) is 0 Å². The number of carbonyl (C=O) groups is 1. The molecule has 1 aromatic carbocycles. The largest absolute Gasteiger partial charge is 0.497 e. The number of carbonyl (C=O) groups excluding carboxylic acids is 1. The van der Waals surface area contributed by atoms with Crippen molar-refractivity contribution in [3.05, 3.63) is 47.3 Å². The van der Waals surface area contributed by atoms with Gasteiger partial charge in [0.15, 0.2) is 0 Å². The number of nitrogens with one attached hydrogen (secondary N) is 1. The lowest BCUT2D eigenvalue weighted by Gasteiger charge is -2.10. The summed E-state index contributed by atoms with van der Waals surface area (Å²) in [6, 6.07) is 9.73. The Labute approximate surface area is 119 Å². The molecule has 0 unspecified atom stereocenters. The fourth-order valence-corrected chi connectivity index (χ4v) is 2.38. The lowest BCUT2D eigenvalue weighted by molar-refractivity contribution is 0.0955. The second kappa shape index (κ2) is 5.82. The number of benzene rings is 1. The Morgan fingerprint density at radius 1 is 1.25 bits per heavy atom. The minimum Gasteiger partial charge on any atom is -0.497 e. The lowest BCUT2D eigenvalue weighted by atomic mass is 10.2. The predicted octanol–water partition coefficient (Wildman–Crippen LogP) is 2.85. The minimum absolute atomic E-state index is 0.0274. The Kier molecular flexibility index (Phi) is 4.13. The molecule has 1 N–H and O–H groups in total. The van der Waals surface area contributed by atoms with E-state index in [4.69, 9.17) is 4.74 Å². The van der Waals surface area contributed by atoms with Crippen LogP contribution in [0.2, 0.25) is 0 Å². The van der Waals surface area contributed by atoms with Gasteiger partial charge in [0, 0.05) is 23.6 Å². The average molecular weight is 272 g/mol. The quantitative estimate of drug-likeness (QED) is 0.930. The van der Waals surface area contributed by atoms with E-state index in [1.165, 1.54) is 0 Å². The van der Waals surface area contributed by atoms with E-state index in [-0.39, 0.29) is 5.91 Å². The summed E-state index contributed by atoms with van der Waals surface area (Å²) in [5.41, 5.74) is 3.73. The monoisotopic (exact) mass is 272 g/mol. The van der Waals surface area contributed by atoms with Crippen LogP contribution in [0.1, 0.15) is 28.7 Å². The van der Waals surface area contributed by atoms with Gasteiger partial charge in [-0.15, -0.1) is 0 Å². The van der Waals surface area contributed by atoms with Gasteiger partial charge < -0.3 is 14.6 Å². The Morgan fingerprint density at radius 2 is 1.90 bits per heavy atom. The first-order chi connectivity index (χ1) is 9.58. The number of rotatable bonds is 4. The summed E-state index contributed by atoms with van der Waals surface area (Å²) in [6.07, 6.45) is 0. The van der Waals surface area contributed by atoms with E-state index in [0.717, 1.165) is 28.4 Å². The third-order valence-corrected chi connectivity index (χ3v) is 3.34. The summed E-state index contributed by atoms with van der Waals surface area (Å²) in [4.78, 5) is 12.0. The zero-order chi connectivity index (χ0) is 14.7. The highest BCUT2D eigenvalue weighted by Crippen LogP contribution is 2.22. The first-order valence-corrected chi connectivity index (χ1v) is 6.70. The average Bonchev–Trinajstić information content (AvgIpc) is 2.75. The van der Waals surface area contributed by atoms with E-state index in [0.29, 0.717) is 6.54 Å². The summed E-state index contributed by atoms with van der Waals surface area (Å²) >= 11 is 0. The van der Waals surface area contributed by atoms with E-state index in [1.54, 1.807) is 7.11 Å². The van der Waals surface area contributed by atoms with E-state index >= 15 is 0 Å². The van der Waals surface area contributed by atoms with E-state index < -0.39 is 0 Å². The van der Waals surface area contributed by atoms with Crippen LogP contribution in [0.5, 0.6) is 5.75 Å². The zero-order valence-corrected chi connectivity index (χ0v) is 12.4. The second-order valence-electron chi connectivity index (χ2n) is 4.68. The summed E-state index contributed by atoms with van der Waals surface area (Å²) in [6.45, 7) is 6.51. The number of nitrogens with zero attached hydrogens (tertiary/aromatic N) is 1. The molecule has 0 bridgehead atoms. The molecule has 0 radical (unpaired) electrons. The van der Waals surface area contributed by atoms with Gasteiger partial charge in [-0.3, -0.25) is 4.79 Å². The molecule has 1 amide bonds. The predicted molar refractivity (Wildman–Crippen MR) is 79.8 cm³/mol.